The molecule has 5 heteroatoms. The summed E-state index contributed by atoms with van der Waals surface area (Å²) >= 11 is 1.52. The van der Waals surface area contributed by atoms with Crippen LogP contribution in [0.2, 0.25) is 0 Å². The van der Waals surface area contributed by atoms with Crippen LogP contribution in [0.3, 0.4) is 0 Å². The number of aliphatic hydroxyl groups is 2. The van der Waals surface area contributed by atoms with Crippen molar-refractivity contribution in [1.29, 1.82) is 5.26 Å². The predicted octanol–water partition coefficient (Wildman–Crippen LogP) is 1.60. The molecule has 0 radical (unpaired) electrons. The Labute approximate surface area is 96.4 Å². The van der Waals surface area contributed by atoms with E-state index in [4.69, 9.17) is 5.26 Å². The molecule has 0 fully saturated rings. The van der Waals surface area contributed by atoms with Gasteiger partial charge in [0.05, 0.1) is 34.3 Å². The van der Waals surface area contributed by atoms with Gasteiger partial charge in [0.1, 0.15) is 6.10 Å². The van der Waals surface area contributed by atoms with Crippen molar-refractivity contribution in [2.24, 2.45) is 0 Å². The second-order valence-electron chi connectivity index (χ2n) is 3.45. The Morgan fingerprint density at radius 1 is 1.44 bits per heavy atom. The minimum atomic E-state index is -1.05. The Hall–Kier alpha value is -1.48. The number of aromatic nitrogens is 1. The molecule has 0 aliphatic rings. The highest BCUT2D eigenvalue weighted by atomic mass is 32.1. The van der Waals surface area contributed by atoms with Gasteiger partial charge in [-0.3, -0.25) is 0 Å². The number of fused-ring (bicyclic) bond motifs is 1. The highest BCUT2D eigenvalue weighted by Crippen LogP contribution is 2.24. The fraction of sp³-hybridized carbons (Fsp3) is 0.273. The monoisotopic (exact) mass is 234 g/mol. The first kappa shape index (κ1) is 11.0. The van der Waals surface area contributed by atoms with Crippen molar-refractivity contribution in [3.05, 3.63) is 29.3 Å². The molecule has 2 N–H and O–H groups in total. The van der Waals surface area contributed by atoms with E-state index >= 15 is 0 Å². The molecule has 16 heavy (non-hydrogen) atoms. The van der Waals surface area contributed by atoms with Crippen LogP contribution in [0.1, 0.15) is 18.1 Å². The second-order valence-corrected chi connectivity index (χ2v) is 4.34. The Balaban J connectivity index is 2.29. The zero-order chi connectivity index (χ0) is 11.5. The molecule has 0 amide bonds. The number of rotatable bonds is 3. The first-order chi connectivity index (χ1) is 7.72. The minimum absolute atomic E-state index is 0.0870. The quantitative estimate of drug-likeness (QED) is 0.845. The van der Waals surface area contributed by atoms with E-state index < -0.39 is 12.2 Å². The van der Waals surface area contributed by atoms with Gasteiger partial charge in [-0.2, -0.15) is 5.26 Å². The summed E-state index contributed by atoms with van der Waals surface area (Å²) in [6, 6.07) is 7.15. The molecule has 2 atom stereocenters. The molecular weight excluding hydrogens is 224 g/mol. The fourth-order valence-corrected chi connectivity index (χ4v) is 2.14. The van der Waals surface area contributed by atoms with Crippen molar-refractivity contribution in [1.82, 2.24) is 4.98 Å². The van der Waals surface area contributed by atoms with Crippen molar-refractivity contribution in [2.75, 3.05) is 0 Å². The van der Waals surface area contributed by atoms with Crippen LogP contribution in [0.4, 0.5) is 0 Å². The third-order valence-corrected chi connectivity index (χ3v) is 3.17. The molecule has 1 aromatic carbocycles. The lowest BCUT2D eigenvalue weighted by molar-refractivity contribution is 0.0217. The van der Waals surface area contributed by atoms with Gasteiger partial charge in [-0.1, -0.05) is 6.07 Å². The lowest BCUT2D eigenvalue weighted by Gasteiger charge is -2.15. The van der Waals surface area contributed by atoms with E-state index in [1.807, 2.05) is 12.1 Å². The maximum absolute atomic E-state index is 9.79. The van der Waals surface area contributed by atoms with Gasteiger partial charge in [0.2, 0.25) is 0 Å². The first-order valence-electron chi connectivity index (χ1n) is 4.78. The van der Waals surface area contributed by atoms with Crippen LogP contribution in [0, 0.1) is 11.3 Å². The molecule has 0 spiro atoms. The molecule has 2 unspecified atom stereocenters. The predicted molar refractivity (Wildman–Crippen MR) is 60.8 cm³/mol. The fourth-order valence-electron chi connectivity index (χ4n) is 1.49. The average Bonchev–Trinajstić information content (AvgIpc) is 2.75. The number of thiazole rings is 1. The van der Waals surface area contributed by atoms with Crippen molar-refractivity contribution in [3.8, 4) is 6.07 Å². The number of nitriles is 1. The molecule has 1 aromatic heterocycles. The molecule has 0 saturated carbocycles. The zero-order valence-corrected chi connectivity index (χ0v) is 9.18. The van der Waals surface area contributed by atoms with Crippen LogP contribution in [-0.4, -0.2) is 21.3 Å². The Morgan fingerprint density at radius 2 is 2.25 bits per heavy atom. The van der Waals surface area contributed by atoms with Gasteiger partial charge in [-0.25, -0.2) is 4.98 Å². The lowest BCUT2D eigenvalue weighted by Crippen LogP contribution is -2.17. The number of hydrogen-bond donors (Lipinski definition) is 2. The van der Waals surface area contributed by atoms with Gasteiger partial charge in [-0.15, -0.1) is 11.3 Å². The summed E-state index contributed by atoms with van der Waals surface area (Å²) in [5.41, 5.74) is 3.11. The van der Waals surface area contributed by atoms with Gasteiger partial charge >= 0.3 is 0 Å². The lowest BCUT2D eigenvalue weighted by atomic mass is 10.0. The van der Waals surface area contributed by atoms with Gasteiger partial charge in [0, 0.05) is 0 Å². The summed E-state index contributed by atoms with van der Waals surface area (Å²) < 4.78 is 1.03. The van der Waals surface area contributed by atoms with Gasteiger partial charge in [-0.05, 0) is 17.7 Å². The van der Waals surface area contributed by atoms with Crippen LogP contribution in [0.25, 0.3) is 10.2 Å². The molecule has 0 bridgehead atoms. The summed E-state index contributed by atoms with van der Waals surface area (Å²) in [7, 11) is 0. The normalized spacial score (nSPS) is 14.6. The number of nitrogens with zero attached hydrogens (tertiary/aromatic N) is 2. The summed E-state index contributed by atoms with van der Waals surface area (Å²) in [6.45, 7) is 0. The summed E-state index contributed by atoms with van der Waals surface area (Å²) in [4.78, 5) is 4.13. The molecule has 4 nitrogen and oxygen atoms in total. The van der Waals surface area contributed by atoms with E-state index in [2.05, 4.69) is 4.98 Å². The number of aliphatic hydroxyl groups excluding tert-OH is 2. The molecule has 2 aromatic rings. The van der Waals surface area contributed by atoms with Crippen molar-refractivity contribution in [3.63, 3.8) is 0 Å². The van der Waals surface area contributed by atoms with Gasteiger partial charge in [0.15, 0.2) is 0 Å². The Kier molecular flexibility index (Phi) is 3.15. The van der Waals surface area contributed by atoms with E-state index in [1.54, 1.807) is 17.6 Å². The molecule has 0 aliphatic carbocycles. The molecular formula is C11H10N2O2S. The molecule has 2 rings (SSSR count). The van der Waals surface area contributed by atoms with E-state index in [9.17, 15) is 10.2 Å². The number of hydrogen-bond acceptors (Lipinski definition) is 5. The second kappa shape index (κ2) is 4.58. The zero-order valence-electron chi connectivity index (χ0n) is 8.37. The summed E-state index contributed by atoms with van der Waals surface area (Å²) in [5.74, 6) is 0. The van der Waals surface area contributed by atoms with Crippen LogP contribution in [0.15, 0.2) is 23.7 Å². The van der Waals surface area contributed by atoms with Crippen molar-refractivity contribution >= 4 is 21.6 Å². The SMILES string of the molecule is N#CCC(O)C(O)c1ccc2scnc2c1. The third-order valence-electron chi connectivity index (χ3n) is 2.36. The van der Waals surface area contributed by atoms with Crippen molar-refractivity contribution < 1.29 is 10.2 Å². The molecule has 82 valence electrons. The topological polar surface area (TPSA) is 77.1 Å². The average molecular weight is 234 g/mol. The molecule has 0 saturated heterocycles. The standard InChI is InChI=1S/C11H10N2O2S/c12-4-3-9(14)11(15)7-1-2-10-8(5-7)13-6-16-10/h1-2,5-6,9,11,14-15H,3H2. The maximum Gasteiger partial charge on any atom is 0.106 e. The van der Waals surface area contributed by atoms with Crippen LogP contribution < -0.4 is 0 Å². The summed E-state index contributed by atoms with van der Waals surface area (Å²) in [5, 5.41) is 27.7. The maximum atomic E-state index is 9.79. The minimum Gasteiger partial charge on any atom is -0.389 e. The van der Waals surface area contributed by atoms with Gasteiger partial charge < -0.3 is 10.2 Å². The van der Waals surface area contributed by atoms with Crippen LogP contribution in [0.5, 0.6) is 0 Å². The number of benzene rings is 1. The van der Waals surface area contributed by atoms with E-state index in [0.717, 1.165) is 10.2 Å². The third kappa shape index (κ3) is 2.04. The Bertz CT molecular complexity index is 532. The highest BCUT2D eigenvalue weighted by Gasteiger charge is 2.18. The first-order valence-corrected chi connectivity index (χ1v) is 5.66. The van der Waals surface area contributed by atoms with E-state index in [0.29, 0.717) is 5.56 Å². The highest BCUT2D eigenvalue weighted by molar-refractivity contribution is 7.16. The molecule has 0 aliphatic heterocycles. The summed E-state index contributed by atoms with van der Waals surface area (Å²) in [6.07, 6.45) is -2.18. The van der Waals surface area contributed by atoms with E-state index in [1.165, 1.54) is 11.3 Å². The van der Waals surface area contributed by atoms with Crippen molar-refractivity contribution in [2.45, 2.75) is 18.6 Å². The van der Waals surface area contributed by atoms with Crippen LogP contribution >= 0.6 is 11.3 Å². The molecule has 1 heterocycles. The van der Waals surface area contributed by atoms with E-state index in [-0.39, 0.29) is 6.42 Å². The van der Waals surface area contributed by atoms with Gasteiger partial charge in [0.25, 0.3) is 0 Å². The largest absolute Gasteiger partial charge is 0.389 e. The van der Waals surface area contributed by atoms with Crippen LogP contribution in [-0.2, 0) is 0 Å². The smallest absolute Gasteiger partial charge is 0.106 e. The Morgan fingerprint density at radius 3 is 3.00 bits per heavy atom.